The van der Waals surface area contributed by atoms with Crippen molar-refractivity contribution in [2.45, 2.75) is 31.8 Å². The molecular weight excluding hydrogens is 256 g/mol. The van der Waals surface area contributed by atoms with Crippen molar-refractivity contribution in [3.05, 3.63) is 25.9 Å². The Balaban J connectivity index is 2.00. The second-order valence-corrected chi connectivity index (χ2v) is 5.83. The maximum absolute atomic E-state index is 11.8. The number of thiophene rings is 1. The molecule has 0 spiro atoms. The van der Waals surface area contributed by atoms with E-state index in [0.717, 1.165) is 17.8 Å². The largest absolute Gasteiger partial charge is 0.388 e. The molecule has 1 heterocycles. The average Bonchev–Trinajstić information content (AvgIpc) is 2.65. The molecule has 1 amide bonds. The summed E-state index contributed by atoms with van der Waals surface area (Å²) in [5.74, 6) is -0.364. The van der Waals surface area contributed by atoms with Crippen LogP contribution in [-0.2, 0) is 0 Å². The van der Waals surface area contributed by atoms with Gasteiger partial charge in [-0.15, -0.1) is 11.3 Å². The number of aliphatic hydroxyl groups is 1. The number of nitro groups is 1. The summed E-state index contributed by atoms with van der Waals surface area (Å²) >= 11 is 1.09. The highest BCUT2D eigenvalue weighted by Crippen LogP contribution is 2.31. The Morgan fingerprint density at radius 1 is 1.67 bits per heavy atom. The first-order chi connectivity index (χ1) is 8.41. The average molecular weight is 270 g/mol. The second kappa shape index (κ2) is 4.66. The van der Waals surface area contributed by atoms with Crippen LogP contribution in [0.3, 0.4) is 0 Å². The van der Waals surface area contributed by atoms with Crippen LogP contribution >= 0.6 is 11.3 Å². The number of rotatable bonds is 4. The number of nitrogens with zero attached hydrogens (tertiary/aromatic N) is 1. The normalized spacial score (nSPS) is 17.0. The van der Waals surface area contributed by atoms with Gasteiger partial charge in [0.25, 0.3) is 11.6 Å². The van der Waals surface area contributed by atoms with Gasteiger partial charge >= 0.3 is 0 Å². The fourth-order valence-corrected chi connectivity index (χ4v) is 2.76. The van der Waals surface area contributed by atoms with E-state index in [9.17, 15) is 20.0 Å². The SMILES string of the molecule is Cc1sc(C(=O)NCC2(O)CCC2)cc1[N+](=O)[O-]. The van der Waals surface area contributed by atoms with E-state index in [0.29, 0.717) is 22.6 Å². The third kappa shape index (κ3) is 2.51. The molecular formula is C11H14N2O4S. The van der Waals surface area contributed by atoms with E-state index in [1.54, 1.807) is 6.92 Å². The van der Waals surface area contributed by atoms with Crippen LogP contribution in [-0.4, -0.2) is 28.1 Å². The zero-order valence-corrected chi connectivity index (χ0v) is 10.7. The van der Waals surface area contributed by atoms with Crippen LogP contribution in [0.25, 0.3) is 0 Å². The molecule has 2 N–H and O–H groups in total. The van der Waals surface area contributed by atoms with E-state index in [2.05, 4.69) is 5.32 Å². The molecule has 0 bridgehead atoms. The molecule has 0 saturated heterocycles. The minimum Gasteiger partial charge on any atom is -0.388 e. The predicted molar refractivity (Wildman–Crippen MR) is 66.8 cm³/mol. The minimum atomic E-state index is -0.784. The molecule has 0 aromatic carbocycles. The van der Waals surface area contributed by atoms with Gasteiger partial charge in [-0.2, -0.15) is 0 Å². The van der Waals surface area contributed by atoms with Gasteiger partial charge in [-0.25, -0.2) is 0 Å². The van der Waals surface area contributed by atoms with Gasteiger partial charge in [0.05, 0.1) is 20.3 Å². The van der Waals surface area contributed by atoms with Gasteiger partial charge in [-0.3, -0.25) is 14.9 Å². The Hall–Kier alpha value is -1.47. The number of carbonyl (C=O) groups excluding carboxylic acids is 1. The molecule has 0 atom stereocenters. The van der Waals surface area contributed by atoms with Crippen molar-refractivity contribution in [3.8, 4) is 0 Å². The summed E-state index contributed by atoms with van der Waals surface area (Å²) in [4.78, 5) is 22.8. The molecule has 1 fully saturated rings. The van der Waals surface area contributed by atoms with E-state index in [1.165, 1.54) is 6.07 Å². The lowest BCUT2D eigenvalue weighted by atomic mass is 9.80. The predicted octanol–water partition coefficient (Wildman–Crippen LogP) is 1.61. The third-order valence-electron chi connectivity index (χ3n) is 3.17. The summed E-state index contributed by atoms with van der Waals surface area (Å²) < 4.78 is 0. The van der Waals surface area contributed by atoms with E-state index in [-0.39, 0.29) is 18.1 Å². The van der Waals surface area contributed by atoms with E-state index in [1.807, 2.05) is 0 Å². The zero-order chi connectivity index (χ0) is 13.3. The molecule has 0 unspecified atom stereocenters. The number of amides is 1. The highest BCUT2D eigenvalue weighted by Gasteiger charge is 2.34. The van der Waals surface area contributed by atoms with Crippen molar-refractivity contribution in [2.24, 2.45) is 0 Å². The second-order valence-electron chi connectivity index (χ2n) is 4.57. The van der Waals surface area contributed by atoms with Gasteiger partial charge in [0, 0.05) is 12.6 Å². The molecule has 1 aliphatic rings. The molecule has 1 aliphatic carbocycles. The molecule has 18 heavy (non-hydrogen) atoms. The molecule has 6 nitrogen and oxygen atoms in total. The van der Waals surface area contributed by atoms with E-state index in [4.69, 9.17) is 0 Å². The van der Waals surface area contributed by atoms with Crippen LogP contribution in [0.2, 0.25) is 0 Å². The Kier molecular flexibility index (Phi) is 3.36. The number of aryl methyl sites for hydroxylation is 1. The molecule has 7 heteroatoms. The fraction of sp³-hybridized carbons (Fsp3) is 0.545. The Bertz CT molecular complexity index is 493. The van der Waals surface area contributed by atoms with Crippen LogP contribution in [0.1, 0.15) is 33.8 Å². The van der Waals surface area contributed by atoms with Gasteiger partial charge in [0.1, 0.15) is 0 Å². The van der Waals surface area contributed by atoms with Crippen LogP contribution in [0, 0.1) is 17.0 Å². The van der Waals surface area contributed by atoms with Gasteiger partial charge in [-0.1, -0.05) is 0 Å². The van der Waals surface area contributed by atoms with Crippen LogP contribution < -0.4 is 5.32 Å². The summed E-state index contributed by atoms with van der Waals surface area (Å²) in [6, 6.07) is 1.28. The molecule has 1 saturated carbocycles. The summed E-state index contributed by atoms with van der Waals surface area (Å²) in [5, 5.41) is 23.1. The fourth-order valence-electron chi connectivity index (χ4n) is 1.86. The lowest BCUT2D eigenvalue weighted by Gasteiger charge is -2.36. The Morgan fingerprint density at radius 3 is 2.78 bits per heavy atom. The van der Waals surface area contributed by atoms with Crippen molar-refractivity contribution < 1.29 is 14.8 Å². The summed E-state index contributed by atoms with van der Waals surface area (Å²) in [6.45, 7) is 1.82. The molecule has 0 aliphatic heterocycles. The molecule has 1 aromatic heterocycles. The minimum absolute atomic E-state index is 0.0347. The van der Waals surface area contributed by atoms with Gasteiger partial charge < -0.3 is 10.4 Å². The van der Waals surface area contributed by atoms with Gasteiger partial charge in [0.2, 0.25) is 0 Å². The van der Waals surface area contributed by atoms with Crippen molar-refractivity contribution in [3.63, 3.8) is 0 Å². The number of hydrogen-bond donors (Lipinski definition) is 2. The summed E-state index contributed by atoms with van der Waals surface area (Å²) in [5.41, 5.74) is -0.819. The summed E-state index contributed by atoms with van der Waals surface area (Å²) in [6.07, 6.45) is 2.35. The quantitative estimate of drug-likeness (QED) is 0.642. The topological polar surface area (TPSA) is 92.5 Å². The lowest BCUT2D eigenvalue weighted by Crippen LogP contribution is -2.47. The maximum atomic E-state index is 11.8. The highest BCUT2D eigenvalue weighted by molar-refractivity contribution is 7.14. The zero-order valence-electron chi connectivity index (χ0n) is 9.93. The van der Waals surface area contributed by atoms with Crippen LogP contribution in [0.5, 0.6) is 0 Å². The van der Waals surface area contributed by atoms with Gasteiger partial charge in [-0.05, 0) is 26.2 Å². The van der Waals surface area contributed by atoms with E-state index < -0.39 is 10.5 Å². The van der Waals surface area contributed by atoms with Gasteiger partial charge in [0.15, 0.2) is 0 Å². The highest BCUT2D eigenvalue weighted by atomic mass is 32.1. The number of nitrogens with one attached hydrogen (secondary N) is 1. The first-order valence-corrected chi connectivity index (χ1v) is 6.48. The standard InChI is InChI=1S/C11H14N2O4S/c1-7-8(13(16)17)5-9(18-7)10(14)12-6-11(15)3-2-4-11/h5,15H,2-4,6H2,1H3,(H,12,14). The Labute approximate surface area is 108 Å². The van der Waals surface area contributed by atoms with Crippen molar-refractivity contribution in [1.82, 2.24) is 5.32 Å². The van der Waals surface area contributed by atoms with Crippen LogP contribution in [0.15, 0.2) is 6.07 Å². The van der Waals surface area contributed by atoms with Crippen LogP contribution in [0.4, 0.5) is 5.69 Å². The lowest BCUT2D eigenvalue weighted by molar-refractivity contribution is -0.385. The Morgan fingerprint density at radius 2 is 2.33 bits per heavy atom. The van der Waals surface area contributed by atoms with Crippen molar-refractivity contribution >= 4 is 22.9 Å². The van der Waals surface area contributed by atoms with E-state index >= 15 is 0 Å². The molecule has 98 valence electrons. The molecule has 0 radical (unpaired) electrons. The maximum Gasteiger partial charge on any atom is 0.283 e. The number of hydrogen-bond acceptors (Lipinski definition) is 5. The first kappa shape index (κ1) is 13.0. The smallest absolute Gasteiger partial charge is 0.283 e. The van der Waals surface area contributed by atoms with Crippen molar-refractivity contribution in [1.29, 1.82) is 0 Å². The number of carbonyl (C=O) groups is 1. The van der Waals surface area contributed by atoms with Crippen molar-refractivity contribution in [2.75, 3.05) is 6.54 Å². The monoisotopic (exact) mass is 270 g/mol. The molecule has 2 rings (SSSR count). The summed E-state index contributed by atoms with van der Waals surface area (Å²) in [7, 11) is 0. The first-order valence-electron chi connectivity index (χ1n) is 5.67. The molecule has 1 aromatic rings. The third-order valence-corrected chi connectivity index (χ3v) is 4.21.